The van der Waals surface area contributed by atoms with E-state index in [4.69, 9.17) is 10.5 Å². The molecule has 0 saturated carbocycles. The summed E-state index contributed by atoms with van der Waals surface area (Å²) in [6, 6.07) is -0.267. The zero-order valence-electron chi connectivity index (χ0n) is 8.50. The van der Waals surface area contributed by atoms with E-state index < -0.39 is 5.91 Å². The van der Waals surface area contributed by atoms with Crippen molar-refractivity contribution in [3.63, 3.8) is 0 Å². The van der Waals surface area contributed by atoms with Gasteiger partial charge in [0.1, 0.15) is 6.61 Å². The molecule has 0 spiro atoms. The highest BCUT2D eigenvalue weighted by atomic mass is 16.5. The maximum atomic E-state index is 11.0. The number of likely N-dealkylation sites (N-methyl/N-ethyl adjacent to an activating group) is 1. The maximum Gasteiger partial charge on any atom is 0.243 e. The minimum atomic E-state index is -0.496. The minimum Gasteiger partial charge on any atom is -0.370 e. The molecular weight excluding hydrogens is 186 g/mol. The van der Waals surface area contributed by atoms with Crippen molar-refractivity contribution in [2.45, 2.75) is 13.0 Å². The Morgan fingerprint density at radius 2 is 2.14 bits per heavy atom. The number of primary amides is 1. The van der Waals surface area contributed by atoms with Gasteiger partial charge in [0.25, 0.3) is 0 Å². The Balaban J connectivity index is 3.36. The van der Waals surface area contributed by atoms with Gasteiger partial charge >= 0.3 is 0 Å². The van der Waals surface area contributed by atoms with Gasteiger partial charge in [-0.05, 0) is 6.92 Å². The van der Waals surface area contributed by atoms with Crippen LogP contribution in [0.15, 0.2) is 0 Å². The lowest BCUT2D eigenvalue weighted by Crippen LogP contribution is -2.42. The van der Waals surface area contributed by atoms with Crippen LogP contribution in [0, 0.1) is 0 Å². The molecule has 1 unspecified atom stereocenters. The largest absolute Gasteiger partial charge is 0.370 e. The van der Waals surface area contributed by atoms with Crippen molar-refractivity contribution in [3.8, 4) is 0 Å². The number of amides is 2. The van der Waals surface area contributed by atoms with Gasteiger partial charge < -0.3 is 21.1 Å². The molecule has 82 valence electrons. The van der Waals surface area contributed by atoms with Gasteiger partial charge in [0.15, 0.2) is 0 Å². The van der Waals surface area contributed by atoms with Gasteiger partial charge in [0.05, 0.1) is 12.6 Å². The van der Waals surface area contributed by atoms with E-state index in [0.717, 1.165) is 0 Å². The molecule has 2 amide bonds. The van der Waals surface area contributed by atoms with Gasteiger partial charge in [0.2, 0.25) is 11.8 Å². The second-order valence-corrected chi connectivity index (χ2v) is 2.81. The SMILES string of the molecule is CNC(=O)C(C)NCCOCC(N)=O. The first-order chi connectivity index (χ1) is 6.57. The number of nitrogens with two attached hydrogens (primary N) is 1. The molecular formula is C8H17N3O3. The average Bonchev–Trinajstić information content (AvgIpc) is 2.15. The molecule has 0 rings (SSSR count). The number of carbonyl (C=O) groups excluding carboxylic acids is 2. The molecule has 4 N–H and O–H groups in total. The predicted molar refractivity (Wildman–Crippen MR) is 51.5 cm³/mol. The van der Waals surface area contributed by atoms with Crippen LogP contribution in [0.4, 0.5) is 0 Å². The number of hydrogen-bond acceptors (Lipinski definition) is 4. The molecule has 0 radical (unpaired) electrons. The number of rotatable bonds is 7. The number of carbonyl (C=O) groups is 2. The molecule has 14 heavy (non-hydrogen) atoms. The Bertz CT molecular complexity index is 196. The van der Waals surface area contributed by atoms with Crippen molar-refractivity contribution in [1.82, 2.24) is 10.6 Å². The molecule has 0 aliphatic heterocycles. The van der Waals surface area contributed by atoms with Crippen LogP contribution in [0.25, 0.3) is 0 Å². The van der Waals surface area contributed by atoms with Gasteiger partial charge in [-0.15, -0.1) is 0 Å². The average molecular weight is 203 g/mol. The zero-order chi connectivity index (χ0) is 11.0. The number of nitrogens with one attached hydrogen (secondary N) is 2. The van der Waals surface area contributed by atoms with E-state index in [2.05, 4.69) is 10.6 Å². The molecule has 1 atom stereocenters. The van der Waals surface area contributed by atoms with E-state index in [0.29, 0.717) is 13.2 Å². The van der Waals surface area contributed by atoms with Gasteiger partial charge in [-0.1, -0.05) is 0 Å². The van der Waals surface area contributed by atoms with Crippen molar-refractivity contribution in [1.29, 1.82) is 0 Å². The van der Waals surface area contributed by atoms with Crippen LogP contribution in [0.5, 0.6) is 0 Å². The van der Waals surface area contributed by atoms with Crippen LogP contribution in [0.1, 0.15) is 6.92 Å². The van der Waals surface area contributed by atoms with Crippen LogP contribution < -0.4 is 16.4 Å². The van der Waals surface area contributed by atoms with Gasteiger partial charge in [0, 0.05) is 13.6 Å². The second kappa shape index (κ2) is 7.28. The minimum absolute atomic E-state index is 0.0834. The summed E-state index contributed by atoms with van der Waals surface area (Å²) in [5.74, 6) is -0.579. The van der Waals surface area contributed by atoms with E-state index in [1.54, 1.807) is 14.0 Å². The Hall–Kier alpha value is -1.14. The highest BCUT2D eigenvalue weighted by molar-refractivity contribution is 5.80. The Morgan fingerprint density at radius 3 is 2.64 bits per heavy atom. The van der Waals surface area contributed by atoms with Gasteiger partial charge in [-0.25, -0.2) is 0 Å². The normalized spacial score (nSPS) is 12.1. The first-order valence-corrected chi connectivity index (χ1v) is 4.39. The Morgan fingerprint density at radius 1 is 1.50 bits per heavy atom. The van der Waals surface area contributed by atoms with Crippen molar-refractivity contribution < 1.29 is 14.3 Å². The monoisotopic (exact) mass is 203 g/mol. The first-order valence-electron chi connectivity index (χ1n) is 4.39. The third kappa shape index (κ3) is 6.38. The third-order valence-electron chi connectivity index (χ3n) is 1.58. The van der Waals surface area contributed by atoms with Crippen LogP contribution in [-0.2, 0) is 14.3 Å². The maximum absolute atomic E-state index is 11.0. The van der Waals surface area contributed by atoms with Crippen molar-refractivity contribution in [2.75, 3.05) is 26.8 Å². The topological polar surface area (TPSA) is 93.4 Å². The highest BCUT2D eigenvalue weighted by Gasteiger charge is 2.08. The number of hydrogen-bond donors (Lipinski definition) is 3. The smallest absolute Gasteiger partial charge is 0.243 e. The van der Waals surface area contributed by atoms with Gasteiger partial charge in [-0.3, -0.25) is 9.59 Å². The molecule has 0 aliphatic carbocycles. The molecule has 0 fully saturated rings. The molecule has 6 nitrogen and oxygen atoms in total. The van der Waals surface area contributed by atoms with E-state index >= 15 is 0 Å². The van der Waals surface area contributed by atoms with E-state index in [1.807, 2.05) is 0 Å². The summed E-state index contributed by atoms with van der Waals surface area (Å²) >= 11 is 0. The van der Waals surface area contributed by atoms with Crippen molar-refractivity contribution >= 4 is 11.8 Å². The standard InChI is InChI=1S/C8H17N3O3/c1-6(8(13)10-2)11-3-4-14-5-7(9)12/h6,11H,3-5H2,1-2H3,(H2,9,12)(H,10,13). The summed E-state index contributed by atoms with van der Waals surface area (Å²) < 4.78 is 4.89. The molecule has 0 saturated heterocycles. The fourth-order valence-electron chi connectivity index (χ4n) is 0.830. The Labute approximate surface area is 83.2 Å². The molecule has 0 aliphatic rings. The predicted octanol–water partition coefficient (Wildman–Crippen LogP) is -1.79. The lowest BCUT2D eigenvalue weighted by atomic mass is 10.3. The molecule has 6 heteroatoms. The molecule has 0 bridgehead atoms. The van der Waals surface area contributed by atoms with Crippen LogP contribution in [0.3, 0.4) is 0 Å². The fourth-order valence-corrected chi connectivity index (χ4v) is 0.830. The number of ether oxygens (including phenoxy) is 1. The molecule has 0 aromatic heterocycles. The summed E-state index contributed by atoms with van der Waals surface area (Å²) in [6.07, 6.45) is 0. The van der Waals surface area contributed by atoms with Crippen molar-refractivity contribution in [2.24, 2.45) is 5.73 Å². The van der Waals surface area contributed by atoms with Gasteiger partial charge in [-0.2, -0.15) is 0 Å². The second-order valence-electron chi connectivity index (χ2n) is 2.81. The van der Waals surface area contributed by atoms with E-state index in [9.17, 15) is 9.59 Å². The van der Waals surface area contributed by atoms with E-state index in [1.165, 1.54) is 0 Å². The summed E-state index contributed by atoms with van der Waals surface area (Å²) in [4.78, 5) is 21.3. The third-order valence-corrected chi connectivity index (χ3v) is 1.58. The summed E-state index contributed by atoms with van der Waals surface area (Å²) in [6.45, 7) is 2.51. The lowest BCUT2D eigenvalue weighted by Gasteiger charge is -2.11. The Kier molecular flexibility index (Phi) is 6.69. The molecule has 0 aromatic rings. The molecule has 0 heterocycles. The summed E-state index contributed by atoms with van der Waals surface area (Å²) in [5, 5.41) is 5.43. The fraction of sp³-hybridized carbons (Fsp3) is 0.750. The first kappa shape index (κ1) is 12.9. The van der Waals surface area contributed by atoms with Crippen LogP contribution in [-0.4, -0.2) is 44.7 Å². The zero-order valence-corrected chi connectivity index (χ0v) is 8.50. The van der Waals surface area contributed by atoms with Crippen molar-refractivity contribution in [3.05, 3.63) is 0 Å². The van der Waals surface area contributed by atoms with Crippen LogP contribution in [0.2, 0.25) is 0 Å². The summed E-state index contributed by atoms with van der Waals surface area (Å²) in [7, 11) is 1.57. The quantitative estimate of drug-likeness (QED) is 0.426. The van der Waals surface area contributed by atoms with Crippen LogP contribution >= 0.6 is 0 Å². The van der Waals surface area contributed by atoms with E-state index in [-0.39, 0.29) is 18.6 Å². The summed E-state index contributed by atoms with van der Waals surface area (Å²) in [5.41, 5.74) is 4.86. The lowest BCUT2D eigenvalue weighted by molar-refractivity contribution is -0.123. The highest BCUT2D eigenvalue weighted by Crippen LogP contribution is 1.80. The molecule has 0 aromatic carbocycles.